The van der Waals surface area contributed by atoms with Crippen LogP contribution in [0.2, 0.25) is 0 Å². The van der Waals surface area contributed by atoms with Gasteiger partial charge in [-0.25, -0.2) is 0 Å². The summed E-state index contributed by atoms with van der Waals surface area (Å²) in [5.74, 6) is 0.0169. The molecule has 0 bridgehead atoms. The molecule has 0 unspecified atom stereocenters. The molecule has 2 heteroatoms. The van der Waals surface area contributed by atoms with Crippen molar-refractivity contribution in [3.8, 4) is 0 Å². The van der Waals surface area contributed by atoms with Gasteiger partial charge in [0.2, 0.25) is 5.91 Å². The van der Waals surface area contributed by atoms with Crippen molar-refractivity contribution >= 4 is 28.4 Å². The van der Waals surface area contributed by atoms with Gasteiger partial charge in [-0.3, -0.25) is 4.79 Å². The molecule has 1 aliphatic rings. The molecule has 23 heavy (non-hydrogen) atoms. The van der Waals surface area contributed by atoms with Crippen LogP contribution in [0.25, 0.3) is 16.8 Å². The van der Waals surface area contributed by atoms with Gasteiger partial charge in [-0.15, -0.1) is 0 Å². The Bertz CT molecular complexity index is 910. The lowest BCUT2D eigenvalue weighted by atomic mass is 9.92. The van der Waals surface area contributed by atoms with Crippen LogP contribution in [-0.4, -0.2) is 5.91 Å². The molecule has 112 valence electrons. The average molecular weight is 299 g/mol. The van der Waals surface area contributed by atoms with E-state index in [1.165, 1.54) is 16.5 Å². The molecule has 4 rings (SSSR count). The summed E-state index contributed by atoms with van der Waals surface area (Å²) in [5, 5.41) is 5.45. The molecule has 0 aliphatic heterocycles. The van der Waals surface area contributed by atoms with Gasteiger partial charge in [-0.2, -0.15) is 0 Å². The fraction of sp³-hybridized carbons (Fsp3) is 0.0952. The van der Waals surface area contributed by atoms with Gasteiger partial charge in [0, 0.05) is 11.1 Å². The summed E-state index contributed by atoms with van der Waals surface area (Å²) >= 11 is 0. The molecule has 0 radical (unpaired) electrons. The van der Waals surface area contributed by atoms with Crippen LogP contribution < -0.4 is 5.32 Å². The van der Waals surface area contributed by atoms with E-state index in [0.29, 0.717) is 6.42 Å². The molecule has 1 aliphatic carbocycles. The molecule has 0 heterocycles. The minimum atomic E-state index is 0.0169. The van der Waals surface area contributed by atoms with E-state index >= 15 is 0 Å². The highest BCUT2D eigenvalue weighted by Crippen LogP contribution is 2.33. The van der Waals surface area contributed by atoms with Crippen LogP contribution in [0.4, 0.5) is 5.69 Å². The maximum atomic E-state index is 12.4. The Morgan fingerprint density at radius 1 is 0.957 bits per heavy atom. The summed E-state index contributed by atoms with van der Waals surface area (Å²) in [4.78, 5) is 12.4. The van der Waals surface area contributed by atoms with Crippen molar-refractivity contribution in [3.63, 3.8) is 0 Å². The Labute approximate surface area is 135 Å². The molecule has 0 saturated carbocycles. The van der Waals surface area contributed by atoms with Crippen LogP contribution in [0.15, 0.2) is 66.7 Å². The van der Waals surface area contributed by atoms with Gasteiger partial charge in [0.1, 0.15) is 0 Å². The third kappa shape index (κ3) is 2.64. The summed E-state index contributed by atoms with van der Waals surface area (Å²) in [7, 11) is 0. The average Bonchev–Trinajstić information content (AvgIpc) is 2.58. The van der Waals surface area contributed by atoms with Crippen LogP contribution in [0.3, 0.4) is 0 Å². The van der Waals surface area contributed by atoms with E-state index in [9.17, 15) is 4.79 Å². The van der Waals surface area contributed by atoms with Gasteiger partial charge in [-0.05, 0) is 34.6 Å². The largest absolute Gasteiger partial charge is 0.325 e. The fourth-order valence-corrected chi connectivity index (χ4v) is 3.22. The summed E-state index contributed by atoms with van der Waals surface area (Å²) in [6.07, 6.45) is 5.69. The number of rotatable bonds is 3. The highest BCUT2D eigenvalue weighted by molar-refractivity contribution is 6.06. The number of allylic oxidation sites excluding steroid dienone is 1. The number of hydrogen-bond donors (Lipinski definition) is 1. The summed E-state index contributed by atoms with van der Waals surface area (Å²) in [5.41, 5.74) is 4.46. The zero-order valence-electron chi connectivity index (χ0n) is 12.8. The molecule has 3 aromatic rings. The first-order valence-electron chi connectivity index (χ1n) is 7.86. The number of nitrogens with one attached hydrogen (secondary N) is 1. The van der Waals surface area contributed by atoms with Gasteiger partial charge < -0.3 is 5.32 Å². The first kappa shape index (κ1) is 13.8. The second-order valence-electron chi connectivity index (χ2n) is 5.86. The van der Waals surface area contributed by atoms with Crippen molar-refractivity contribution in [1.29, 1.82) is 0 Å². The van der Waals surface area contributed by atoms with Crippen molar-refractivity contribution in [1.82, 2.24) is 0 Å². The van der Waals surface area contributed by atoms with Gasteiger partial charge in [-0.1, -0.05) is 66.7 Å². The zero-order chi connectivity index (χ0) is 15.6. The lowest BCUT2D eigenvalue weighted by Gasteiger charge is -2.16. The van der Waals surface area contributed by atoms with Crippen LogP contribution in [0.5, 0.6) is 0 Å². The zero-order valence-corrected chi connectivity index (χ0v) is 12.8. The topological polar surface area (TPSA) is 29.1 Å². The highest BCUT2D eigenvalue weighted by atomic mass is 16.1. The molecule has 0 fully saturated rings. The molecule has 0 spiro atoms. The predicted molar refractivity (Wildman–Crippen MR) is 95.5 cm³/mol. The first-order chi connectivity index (χ1) is 11.3. The summed E-state index contributed by atoms with van der Waals surface area (Å²) in [6, 6.07) is 20.2. The molecular formula is C21H17NO. The van der Waals surface area contributed by atoms with Gasteiger partial charge in [0.25, 0.3) is 0 Å². The lowest BCUT2D eigenvalue weighted by molar-refractivity contribution is -0.115. The number of benzene rings is 3. The van der Waals surface area contributed by atoms with Crippen molar-refractivity contribution in [2.24, 2.45) is 0 Å². The molecule has 0 aromatic heterocycles. The van der Waals surface area contributed by atoms with Crippen LogP contribution >= 0.6 is 0 Å². The number of amides is 1. The Hall–Kier alpha value is -2.87. The Balaban J connectivity index is 1.66. The Morgan fingerprint density at radius 2 is 1.83 bits per heavy atom. The van der Waals surface area contributed by atoms with Gasteiger partial charge in [0.05, 0.1) is 6.42 Å². The third-order valence-corrected chi connectivity index (χ3v) is 4.28. The quantitative estimate of drug-likeness (QED) is 0.753. The SMILES string of the molecule is O=C(Cc1ccccc1)Nc1ccc2c3c(cccc13)C=CC2. The summed E-state index contributed by atoms with van der Waals surface area (Å²) in [6.45, 7) is 0. The smallest absolute Gasteiger partial charge is 0.228 e. The maximum Gasteiger partial charge on any atom is 0.228 e. The minimum absolute atomic E-state index is 0.0169. The third-order valence-electron chi connectivity index (χ3n) is 4.28. The first-order valence-corrected chi connectivity index (χ1v) is 7.86. The lowest BCUT2D eigenvalue weighted by Crippen LogP contribution is -2.14. The summed E-state index contributed by atoms with van der Waals surface area (Å²) < 4.78 is 0. The van der Waals surface area contributed by atoms with Gasteiger partial charge in [0.15, 0.2) is 0 Å². The Kier molecular flexibility index (Phi) is 3.43. The second kappa shape index (κ2) is 5.73. The van der Waals surface area contributed by atoms with Crippen molar-refractivity contribution in [3.05, 3.63) is 83.4 Å². The van der Waals surface area contributed by atoms with Crippen LogP contribution in [0, 0.1) is 0 Å². The number of hydrogen-bond acceptors (Lipinski definition) is 1. The molecule has 1 amide bonds. The maximum absolute atomic E-state index is 12.4. The van der Waals surface area contributed by atoms with Crippen LogP contribution in [0.1, 0.15) is 16.7 Å². The molecule has 1 N–H and O–H groups in total. The monoisotopic (exact) mass is 299 g/mol. The van der Waals surface area contributed by atoms with E-state index in [4.69, 9.17) is 0 Å². The van der Waals surface area contributed by atoms with E-state index in [0.717, 1.165) is 23.1 Å². The van der Waals surface area contributed by atoms with E-state index in [-0.39, 0.29) is 5.91 Å². The number of carbonyl (C=O) groups is 1. The standard InChI is InChI=1S/C21H17NO/c23-20(14-15-6-2-1-3-7-15)22-19-13-12-17-9-4-8-16-10-5-11-18(19)21(16)17/h1-8,10-13H,9,14H2,(H,22,23). The van der Waals surface area contributed by atoms with Crippen molar-refractivity contribution < 1.29 is 4.79 Å². The molecule has 3 aromatic carbocycles. The van der Waals surface area contributed by atoms with Crippen LogP contribution in [-0.2, 0) is 17.6 Å². The van der Waals surface area contributed by atoms with E-state index < -0.39 is 0 Å². The van der Waals surface area contributed by atoms with Gasteiger partial charge >= 0.3 is 0 Å². The molecule has 0 saturated heterocycles. The van der Waals surface area contributed by atoms with Crippen molar-refractivity contribution in [2.75, 3.05) is 5.32 Å². The van der Waals surface area contributed by atoms with E-state index in [2.05, 4.69) is 35.7 Å². The van der Waals surface area contributed by atoms with E-state index in [1.807, 2.05) is 42.5 Å². The Morgan fingerprint density at radius 3 is 2.70 bits per heavy atom. The number of carbonyl (C=O) groups excluding carboxylic acids is 1. The van der Waals surface area contributed by atoms with Crippen molar-refractivity contribution in [2.45, 2.75) is 12.8 Å². The second-order valence-corrected chi connectivity index (χ2v) is 5.86. The molecule has 2 nitrogen and oxygen atoms in total. The normalized spacial score (nSPS) is 12.3. The highest BCUT2D eigenvalue weighted by Gasteiger charge is 2.12. The minimum Gasteiger partial charge on any atom is -0.325 e. The predicted octanol–water partition coefficient (Wildman–Crippen LogP) is 4.59. The fourth-order valence-electron chi connectivity index (χ4n) is 3.22. The molecule has 0 atom stereocenters. The van der Waals surface area contributed by atoms with E-state index in [1.54, 1.807) is 0 Å². The number of anilines is 1. The molecular weight excluding hydrogens is 282 g/mol.